The molecule has 2 aliphatic heterocycles. The van der Waals surface area contributed by atoms with Crippen LogP contribution in [0, 0.1) is 11.3 Å². The molecule has 3 rings (SSSR count). The number of amides is 2. The zero-order valence-corrected chi connectivity index (χ0v) is 14.5. The lowest BCUT2D eigenvalue weighted by molar-refractivity contribution is -0.0295. The zero-order valence-electron chi connectivity index (χ0n) is 14.5. The molecule has 0 unspecified atom stereocenters. The van der Waals surface area contributed by atoms with Crippen molar-refractivity contribution in [3.63, 3.8) is 0 Å². The second-order valence-electron chi connectivity index (χ2n) is 7.67. The zero-order chi connectivity index (χ0) is 16.1. The lowest BCUT2D eigenvalue weighted by atomic mass is 9.80. The minimum atomic E-state index is 0.102. The number of carbonyl (C=O) groups is 1. The SMILES string of the molecule is CC[C@H]1CCC[C@H](NC(=O)N2CCOCC3(CCOCC3)C2)C1. The van der Waals surface area contributed by atoms with Crippen molar-refractivity contribution in [2.45, 2.75) is 57.9 Å². The van der Waals surface area contributed by atoms with Gasteiger partial charge in [0.2, 0.25) is 0 Å². The summed E-state index contributed by atoms with van der Waals surface area (Å²) in [4.78, 5) is 14.8. The van der Waals surface area contributed by atoms with Crippen LogP contribution in [0.25, 0.3) is 0 Å². The van der Waals surface area contributed by atoms with E-state index >= 15 is 0 Å². The molecule has 1 saturated carbocycles. The van der Waals surface area contributed by atoms with E-state index in [4.69, 9.17) is 9.47 Å². The molecule has 23 heavy (non-hydrogen) atoms. The first kappa shape index (κ1) is 17.0. The molecule has 0 aromatic carbocycles. The van der Waals surface area contributed by atoms with E-state index in [0.29, 0.717) is 19.2 Å². The molecule has 2 atom stereocenters. The monoisotopic (exact) mass is 324 g/mol. The molecule has 1 spiro atoms. The van der Waals surface area contributed by atoms with Crippen LogP contribution in [0.15, 0.2) is 0 Å². The summed E-state index contributed by atoms with van der Waals surface area (Å²) in [7, 11) is 0. The van der Waals surface area contributed by atoms with Crippen molar-refractivity contribution in [3.8, 4) is 0 Å². The van der Waals surface area contributed by atoms with E-state index in [-0.39, 0.29) is 11.4 Å². The molecule has 5 nitrogen and oxygen atoms in total. The number of nitrogens with one attached hydrogen (secondary N) is 1. The molecule has 0 aromatic rings. The molecule has 1 aliphatic carbocycles. The Balaban J connectivity index is 1.57. The van der Waals surface area contributed by atoms with Gasteiger partial charge in [-0.1, -0.05) is 26.2 Å². The summed E-state index contributed by atoms with van der Waals surface area (Å²) in [6.45, 7) is 6.78. The van der Waals surface area contributed by atoms with E-state index in [2.05, 4.69) is 12.2 Å². The van der Waals surface area contributed by atoms with Gasteiger partial charge in [0.1, 0.15) is 0 Å². The maximum atomic E-state index is 12.8. The normalized spacial score (nSPS) is 31.6. The predicted octanol–water partition coefficient (Wildman–Crippen LogP) is 2.79. The third-order valence-electron chi connectivity index (χ3n) is 5.97. The summed E-state index contributed by atoms with van der Waals surface area (Å²) in [5.41, 5.74) is 0.102. The highest BCUT2D eigenvalue weighted by molar-refractivity contribution is 5.74. The van der Waals surface area contributed by atoms with Gasteiger partial charge in [-0.15, -0.1) is 0 Å². The molecule has 0 bridgehead atoms. The Hall–Kier alpha value is -0.810. The van der Waals surface area contributed by atoms with Crippen molar-refractivity contribution in [2.24, 2.45) is 11.3 Å². The van der Waals surface area contributed by atoms with E-state index in [9.17, 15) is 4.79 Å². The lowest BCUT2D eigenvalue weighted by Crippen LogP contribution is -2.51. The largest absolute Gasteiger partial charge is 0.381 e. The van der Waals surface area contributed by atoms with Crippen LogP contribution in [0.5, 0.6) is 0 Å². The minimum Gasteiger partial charge on any atom is -0.381 e. The molecule has 3 aliphatic rings. The first-order valence-electron chi connectivity index (χ1n) is 9.42. The van der Waals surface area contributed by atoms with Crippen LogP contribution in [0.1, 0.15) is 51.9 Å². The van der Waals surface area contributed by atoms with Gasteiger partial charge in [-0.2, -0.15) is 0 Å². The lowest BCUT2D eigenvalue weighted by Gasteiger charge is -2.39. The highest BCUT2D eigenvalue weighted by Crippen LogP contribution is 2.33. The number of urea groups is 1. The third kappa shape index (κ3) is 4.38. The predicted molar refractivity (Wildman–Crippen MR) is 89.4 cm³/mol. The maximum Gasteiger partial charge on any atom is 0.317 e. The molecular formula is C18H32N2O3. The fraction of sp³-hybridized carbons (Fsp3) is 0.944. The molecule has 2 saturated heterocycles. The molecule has 0 radical (unpaired) electrons. The average Bonchev–Trinajstić information content (AvgIpc) is 2.78. The highest BCUT2D eigenvalue weighted by atomic mass is 16.5. The van der Waals surface area contributed by atoms with Crippen molar-refractivity contribution >= 4 is 6.03 Å². The van der Waals surface area contributed by atoms with Crippen LogP contribution in [0.4, 0.5) is 4.79 Å². The summed E-state index contributed by atoms with van der Waals surface area (Å²) in [5.74, 6) is 0.781. The summed E-state index contributed by atoms with van der Waals surface area (Å²) in [6.07, 6.45) is 8.07. The Morgan fingerprint density at radius 3 is 2.83 bits per heavy atom. The smallest absolute Gasteiger partial charge is 0.317 e. The van der Waals surface area contributed by atoms with E-state index in [1.165, 1.54) is 19.3 Å². The van der Waals surface area contributed by atoms with Gasteiger partial charge >= 0.3 is 6.03 Å². The van der Waals surface area contributed by atoms with Gasteiger partial charge < -0.3 is 19.7 Å². The standard InChI is InChI=1S/C18H32N2O3/c1-2-15-4-3-5-16(12-15)19-17(21)20-8-11-23-14-18(13-20)6-9-22-10-7-18/h15-16H,2-14H2,1H3,(H,19,21)/t15-,16-/m0/s1. The number of hydrogen-bond acceptors (Lipinski definition) is 3. The maximum absolute atomic E-state index is 12.8. The highest BCUT2D eigenvalue weighted by Gasteiger charge is 2.38. The van der Waals surface area contributed by atoms with Gasteiger partial charge in [-0.25, -0.2) is 4.79 Å². The topological polar surface area (TPSA) is 50.8 Å². The van der Waals surface area contributed by atoms with Gasteiger partial charge in [-0.05, 0) is 31.6 Å². The van der Waals surface area contributed by atoms with E-state index in [1.54, 1.807) is 0 Å². The van der Waals surface area contributed by atoms with Crippen LogP contribution in [-0.2, 0) is 9.47 Å². The summed E-state index contributed by atoms with van der Waals surface area (Å²) < 4.78 is 11.3. The molecule has 1 N–H and O–H groups in total. The number of ether oxygens (including phenoxy) is 2. The van der Waals surface area contributed by atoms with Gasteiger partial charge in [0, 0.05) is 37.8 Å². The Morgan fingerprint density at radius 1 is 1.22 bits per heavy atom. The molecule has 2 heterocycles. The van der Waals surface area contributed by atoms with E-state index < -0.39 is 0 Å². The number of nitrogens with zero attached hydrogens (tertiary/aromatic N) is 1. The van der Waals surface area contributed by atoms with Crippen LogP contribution < -0.4 is 5.32 Å². The average molecular weight is 324 g/mol. The Kier molecular flexibility index (Phi) is 5.81. The third-order valence-corrected chi connectivity index (χ3v) is 5.97. The van der Waals surface area contributed by atoms with Crippen molar-refractivity contribution in [1.29, 1.82) is 0 Å². The van der Waals surface area contributed by atoms with Crippen LogP contribution in [0.3, 0.4) is 0 Å². The van der Waals surface area contributed by atoms with Crippen molar-refractivity contribution in [1.82, 2.24) is 10.2 Å². The van der Waals surface area contributed by atoms with Gasteiger partial charge in [-0.3, -0.25) is 0 Å². The molecule has 2 amide bonds. The molecular weight excluding hydrogens is 292 g/mol. The molecule has 0 aromatic heterocycles. The van der Waals surface area contributed by atoms with E-state index in [1.807, 2.05) is 4.90 Å². The van der Waals surface area contributed by atoms with Crippen LogP contribution >= 0.6 is 0 Å². The number of carbonyl (C=O) groups excluding carboxylic acids is 1. The fourth-order valence-electron chi connectivity index (χ4n) is 4.33. The molecule has 3 fully saturated rings. The van der Waals surface area contributed by atoms with Crippen molar-refractivity contribution in [3.05, 3.63) is 0 Å². The van der Waals surface area contributed by atoms with Crippen molar-refractivity contribution in [2.75, 3.05) is 39.5 Å². The fourth-order valence-corrected chi connectivity index (χ4v) is 4.33. The summed E-state index contributed by atoms with van der Waals surface area (Å²) in [6, 6.07) is 0.471. The van der Waals surface area contributed by atoms with Crippen molar-refractivity contribution < 1.29 is 14.3 Å². The Bertz CT molecular complexity index is 396. The summed E-state index contributed by atoms with van der Waals surface area (Å²) in [5, 5.41) is 3.30. The van der Waals surface area contributed by atoms with Gasteiger partial charge in [0.15, 0.2) is 0 Å². The second-order valence-corrected chi connectivity index (χ2v) is 7.67. The number of rotatable bonds is 2. The Labute approximate surface area is 140 Å². The second kappa shape index (κ2) is 7.84. The molecule has 5 heteroatoms. The first-order chi connectivity index (χ1) is 11.2. The van der Waals surface area contributed by atoms with Crippen LogP contribution in [-0.4, -0.2) is 56.5 Å². The van der Waals surface area contributed by atoms with Gasteiger partial charge in [0.05, 0.1) is 13.2 Å². The Morgan fingerprint density at radius 2 is 2.04 bits per heavy atom. The number of hydrogen-bond donors (Lipinski definition) is 1. The van der Waals surface area contributed by atoms with E-state index in [0.717, 1.165) is 58.0 Å². The summed E-state index contributed by atoms with van der Waals surface area (Å²) >= 11 is 0. The van der Waals surface area contributed by atoms with Gasteiger partial charge in [0.25, 0.3) is 0 Å². The quantitative estimate of drug-likeness (QED) is 0.850. The van der Waals surface area contributed by atoms with Crippen LogP contribution in [0.2, 0.25) is 0 Å². The first-order valence-corrected chi connectivity index (χ1v) is 9.42. The molecule has 132 valence electrons. The minimum absolute atomic E-state index is 0.102.